The molecule has 0 spiro atoms. The van der Waals surface area contributed by atoms with E-state index in [0.29, 0.717) is 13.2 Å². The van der Waals surface area contributed by atoms with Crippen LogP contribution in [0.25, 0.3) is 0 Å². The van der Waals surface area contributed by atoms with Crippen molar-refractivity contribution < 1.29 is 23.4 Å². The van der Waals surface area contributed by atoms with Crippen LogP contribution in [0.2, 0.25) is 0 Å². The Bertz CT molecular complexity index is 172. The lowest BCUT2D eigenvalue weighted by molar-refractivity contribution is 0.0407. The van der Waals surface area contributed by atoms with Gasteiger partial charge < -0.3 is 23.4 Å². The van der Waals surface area contributed by atoms with E-state index in [1.165, 1.54) is 0 Å². The minimum atomic E-state index is -1.77. The van der Waals surface area contributed by atoms with E-state index >= 15 is 0 Å². The Morgan fingerprint density at radius 1 is 1.00 bits per heavy atom. The van der Waals surface area contributed by atoms with Crippen molar-refractivity contribution in [3.05, 3.63) is 0 Å². The van der Waals surface area contributed by atoms with Crippen LogP contribution < -0.4 is 0 Å². The first-order valence-corrected chi connectivity index (χ1v) is 6.95. The molecule has 16 heavy (non-hydrogen) atoms. The van der Waals surface area contributed by atoms with Crippen LogP contribution in [0.5, 0.6) is 0 Å². The van der Waals surface area contributed by atoms with Gasteiger partial charge in [0.2, 0.25) is 0 Å². The van der Waals surface area contributed by atoms with Crippen molar-refractivity contribution >= 4 is 8.60 Å². The third kappa shape index (κ3) is 4.24. The van der Waals surface area contributed by atoms with Crippen molar-refractivity contribution in [3.63, 3.8) is 0 Å². The van der Waals surface area contributed by atoms with Crippen LogP contribution >= 0.6 is 8.60 Å². The van der Waals surface area contributed by atoms with E-state index in [1.54, 1.807) is 0 Å². The van der Waals surface area contributed by atoms with Crippen LogP contribution in [0.3, 0.4) is 0 Å². The fourth-order valence-corrected chi connectivity index (χ4v) is 2.54. The van der Waals surface area contributed by atoms with Crippen molar-refractivity contribution in [1.82, 2.24) is 0 Å². The van der Waals surface area contributed by atoms with Crippen molar-refractivity contribution in [2.45, 2.75) is 37.9 Å². The molecule has 0 saturated carbocycles. The van der Waals surface area contributed by atoms with Gasteiger partial charge in [-0.1, -0.05) is 0 Å². The molecule has 0 aromatic carbocycles. The summed E-state index contributed by atoms with van der Waals surface area (Å²) in [5.74, 6) is 0. The van der Waals surface area contributed by atoms with Gasteiger partial charge in [-0.2, -0.15) is 0 Å². The molecule has 2 fully saturated rings. The van der Waals surface area contributed by atoms with Gasteiger partial charge in [-0.15, -0.1) is 0 Å². The summed E-state index contributed by atoms with van der Waals surface area (Å²) >= 11 is 0. The maximum atomic E-state index is 9.48. The summed E-state index contributed by atoms with van der Waals surface area (Å²) in [7, 11) is -1.77. The van der Waals surface area contributed by atoms with Crippen LogP contribution in [0.1, 0.15) is 25.7 Å². The number of ether oxygens (including phenoxy) is 2. The topological polar surface area (TPSA) is 57.2 Å². The zero-order chi connectivity index (χ0) is 11.2. The molecule has 0 aromatic rings. The Morgan fingerprint density at radius 2 is 1.50 bits per heavy atom. The highest BCUT2D eigenvalue weighted by Crippen LogP contribution is 2.34. The van der Waals surface area contributed by atoms with E-state index in [4.69, 9.17) is 18.5 Å². The van der Waals surface area contributed by atoms with E-state index in [2.05, 4.69) is 0 Å². The van der Waals surface area contributed by atoms with Gasteiger partial charge in [0.25, 0.3) is 0 Å². The quantitative estimate of drug-likeness (QED) is 0.725. The van der Waals surface area contributed by atoms with Gasteiger partial charge in [-0.05, 0) is 25.7 Å². The molecule has 5 nitrogen and oxygen atoms in total. The van der Waals surface area contributed by atoms with E-state index < -0.39 is 8.60 Å². The molecule has 6 heteroatoms. The summed E-state index contributed by atoms with van der Waals surface area (Å²) in [6.07, 6.45) is 4.43. The Morgan fingerprint density at radius 3 is 1.88 bits per heavy atom. The molecule has 1 N–H and O–H groups in total. The molecule has 94 valence electrons. The van der Waals surface area contributed by atoms with Gasteiger partial charge in [-0.3, -0.25) is 0 Å². The third-order valence-electron chi connectivity index (χ3n) is 2.79. The van der Waals surface area contributed by atoms with Crippen molar-refractivity contribution in [2.24, 2.45) is 0 Å². The van der Waals surface area contributed by atoms with Crippen molar-refractivity contribution in [2.75, 3.05) is 26.4 Å². The average Bonchev–Trinajstić information content (AvgIpc) is 2.96. The summed E-state index contributed by atoms with van der Waals surface area (Å²) in [5.41, 5.74) is 0. The maximum absolute atomic E-state index is 9.48. The second-order valence-electron chi connectivity index (χ2n) is 4.10. The molecule has 0 radical (unpaired) electrons. The molecule has 2 atom stereocenters. The highest BCUT2D eigenvalue weighted by atomic mass is 31.2. The summed E-state index contributed by atoms with van der Waals surface area (Å²) < 4.78 is 21.2. The first-order chi connectivity index (χ1) is 7.84. The lowest BCUT2D eigenvalue weighted by Crippen LogP contribution is -2.15. The monoisotopic (exact) mass is 250 g/mol. The lowest BCUT2D eigenvalue weighted by atomic mass is 10.2. The number of hydrogen-bond acceptors (Lipinski definition) is 5. The lowest BCUT2D eigenvalue weighted by Gasteiger charge is -2.15. The fraction of sp³-hybridized carbons (Fsp3) is 1.00. The average molecular weight is 250 g/mol. The second-order valence-corrected chi connectivity index (χ2v) is 5.09. The Balaban J connectivity index is 1.51. The molecule has 2 aliphatic heterocycles. The molecule has 2 rings (SSSR count). The molecule has 2 heterocycles. The Labute approximate surface area is 97.0 Å². The Hall–Kier alpha value is 0.230. The minimum Gasteiger partial charge on any atom is -0.376 e. The van der Waals surface area contributed by atoms with Crippen LogP contribution in [0.4, 0.5) is 0 Å². The van der Waals surface area contributed by atoms with Gasteiger partial charge in [0.1, 0.15) is 0 Å². The molecular formula is C10H19O5P. The summed E-state index contributed by atoms with van der Waals surface area (Å²) in [6.45, 7) is 2.45. The standard InChI is InChI=1S/C10H19O5P/c11-16(14-7-9-3-1-5-12-9)15-8-10-4-2-6-13-10/h9-11H,1-8H2. The van der Waals surface area contributed by atoms with Crippen LogP contribution in [0.15, 0.2) is 0 Å². The third-order valence-corrected chi connectivity index (χ3v) is 3.53. The van der Waals surface area contributed by atoms with Crippen molar-refractivity contribution in [3.8, 4) is 0 Å². The van der Waals surface area contributed by atoms with Crippen LogP contribution in [-0.2, 0) is 18.5 Å². The van der Waals surface area contributed by atoms with E-state index in [0.717, 1.165) is 38.9 Å². The van der Waals surface area contributed by atoms with Gasteiger partial charge in [0.05, 0.1) is 25.4 Å². The summed E-state index contributed by atoms with van der Waals surface area (Å²) in [5, 5.41) is 0. The normalized spacial score (nSPS) is 32.1. The first-order valence-electron chi connectivity index (χ1n) is 5.82. The summed E-state index contributed by atoms with van der Waals surface area (Å²) in [4.78, 5) is 9.48. The largest absolute Gasteiger partial charge is 0.376 e. The highest BCUT2D eigenvalue weighted by Gasteiger charge is 2.21. The second kappa shape index (κ2) is 6.84. The molecule has 2 saturated heterocycles. The maximum Gasteiger partial charge on any atom is 0.330 e. The van der Waals surface area contributed by atoms with Crippen LogP contribution in [0, 0.1) is 0 Å². The molecule has 0 amide bonds. The first kappa shape index (κ1) is 12.7. The van der Waals surface area contributed by atoms with E-state index in [1.807, 2.05) is 0 Å². The van der Waals surface area contributed by atoms with Gasteiger partial charge in [-0.25, -0.2) is 0 Å². The molecular weight excluding hydrogens is 231 g/mol. The van der Waals surface area contributed by atoms with Gasteiger partial charge in [0.15, 0.2) is 0 Å². The zero-order valence-corrected chi connectivity index (χ0v) is 10.2. The SMILES string of the molecule is OP(OCC1CCCO1)OCC1CCCO1. The van der Waals surface area contributed by atoms with Crippen molar-refractivity contribution in [1.29, 1.82) is 0 Å². The van der Waals surface area contributed by atoms with E-state index in [-0.39, 0.29) is 12.2 Å². The molecule has 0 aromatic heterocycles. The molecule has 0 aliphatic carbocycles. The molecule has 2 aliphatic rings. The van der Waals surface area contributed by atoms with E-state index in [9.17, 15) is 4.89 Å². The fourth-order valence-electron chi connectivity index (χ4n) is 1.88. The number of hydrogen-bond donors (Lipinski definition) is 1. The number of rotatable bonds is 6. The molecule has 0 bridgehead atoms. The predicted molar refractivity (Wildman–Crippen MR) is 59.0 cm³/mol. The van der Waals surface area contributed by atoms with Crippen LogP contribution in [-0.4, -0.2) is 43.5 Å². The molecule has 2 unspecified atom stereocenters. The highest BCUT2D eigenvalue weighted by molar-refractivity contribution is 7.40. The summed E-state index contributed by atoms with van der Waals surface area (Å²) in [6, 6.07) is 0. The predicted octanol–water partition coefficient (Wildman–Crippen LogP) is 1.60. The smallest absolute Gasteiger partial charge is 0.330 e. The Kier molecular flexibility index (Phi) is 5.42. The van der Waals surface area contributed by atoms with Gasteiger partial charge in [0, 0.05) is 13.2 Å². The minimum absolute atomic E-state index is 0.128. The zero-order valence-electron chi connectivity index (χ0n) is 9.34. The van der Waals surface area contributed by atoms with Gasteiger partial charge >= 0.3 is 8.60 Å².